The van der Waals surface area contributed by atoms with Crippen molar-refractivity contribution >= 4 is 27.2 Å². The van der Waals surface area contributed by atoms with Crippen LogP contribution in [0.4, 0.5) is 15.9 Å². The average molecular weight is 524 g/mol. The maximum absolute atomic E-state index is 15.0. The summed E-state index contributed by atoms with van der Waals surface area (Å²) in [6, 6.07) is 7.78. The maximum Gasteiger partial charge on any atom is 0.262 e. The normalized spacial score (nSPS) is 16.8. The Kier molecular flexibility index (Phi) is 5.81. The molecule has 3 aromatic heterocycles. The molecule has 2 fully saturated rings. The van der Waals surface area contributed by atoms with E-state index < -0.39 is 15.8 Å². The molecular weight excluding hydrogens is 497 g/mol. The van der Waals surface area contributed by atoms with E-state index in [4.69, 9.17) is 0 Å². The molecule has 2 N–H and O–H groups in total. The Morgan fingerprint density at radius 2 is 1.86 bits per heavy atom. The van der Waals surface area contributed by atoms with E-state index in [9.17, 15) is 13.2 Å². The van der Waals surface area contributed by atoms with Crippen LogP contribution in [0.2, 0.25) is 0 Å². The van der Waals surface area contributed by atoms with E-state index in [-0.39, 0.29) is 22.0 Å². The molecule has 37 heavy (non-hydrogen) atoms. The van der Waals surface area contributed by atoms with Crippen LogP contribution < -0.4 is 16.2 Å². The predicted molar refractivity (Wildman–Crippen MR) is 137 cm³/mol. The quantitative estimate of drug-likeness (QED) is 0.400. The Morgan fingerprint density at radius 1 is 1.08 bits per heavy atom. The molecule has 1 aliphatic heterocycles. The highest BCUT2D eigenvalue weighted by Gasteiger charge is 2.27. The minimum absolute atomic E-state index is 0.0303. The van der Waals surface area contributed by atoms with Crippen molar-refractivity contribution in [3.63, 3.8) is 0 Å². The lowest BCUT2D eigenvalue weighted by molar-refractivity contribution is 0.360. The molecule has 0 radical (unpaired) electrons. The number of nitrogens with zero attached hydrogens (tertiary/aromatic N) is 5. The number of hydrogen-bond acceptors (Lipinski definition) is 7. The highest BCUT2D eigenvalue weighted by atomic mass is 32.2. The van der Waals surface area contributed by atoms with Crippen molar-refractivity contribution in [1.82, 2.24) is 28.8 Å². The first-order valence-corrected chi connectivity index (χ1v) is 13.6. The molecule has 0 bridgehead atoms. The zero-order chi connectivity index (χ0) is 25.7. The monoisotopic (exact) mass is 523 g/mol. The van der Waals surface area contributed by atoms with E-state index in [0.717, 1.165) is 30.0 Å². The van der Waals surface area contributed by atoms with Crippen molar-refractivity contribution in [2.24, 2.45) is 0 Å². The summed E-state index contributed by atoms with van der Waals surface area (Å²) in [5.41, 5.74) is 2.20. The topological polar surface area (TPSA) is 114 Å². The van der Waals surface area contributed by atoms with E-state index >= 15 is 4.39 Å². The standard InChI is InChI=1S/C25H26FN7O3S/c1-16-24(29-22-6-5-20(12-21(22)26)37(35,36)31-10-8-27-9-11-31)30-23-7-2-17(14-32(23)25(16)34)18-13-28-33(15-18)19-3-4-19/h2,5-7,12-15,19,27,29H,3-4,8-11H2,1H3. The van der Waals surface area contributed by atoms with E-state index in [1.54, 1.807) is 25.4 Å². The molecular formula is C25H26FN7O3S. The van der Waals surface area contributed by atoms with Crippen molar-refractivity contribution in [1.29, 1.82) is 0 Å². The molecule has 4 aromatic rings. The summed E-state index contributed by atoms with van der Waals surface area (Å²) in [5, 5.41) is 10.4. The second-order valence-electron chi connectivity index (χ2n) is 9.40. The van der Waals surface area contributed by atoms with E-state index in [1.165, 1.54) is 20.8 Å². The number of benzene rings is 1. The second kappa shape index (κ2) is 9.05. The molecule has 192 valence electrons. The minimum Gasteiger partial charge on any atom is -0.337 e. The number of anilines is 2. The molecule has 0 atom stereocenters. The molecule has 4 heterocycles. The third-order valence-corrected chi connectivity index (χ3v) is 8.71. The molecule has 6 rings (SSSR count). The number of rotatable bonds is 6. The lowest BCUT2D eigenvalue weighted by Gasteiger charge is -2.26. The highest BCUT2D eigenvalue weighted by molar-refractivity contribution is 7.89. The lowest BCUT2D eigenvalue weighted by Crippen LogP contribution is -2.46. The molecule has 12 heteroatoms. The summed E-state index contributed by atoms with van der Waals surface area (Å²) >= 11 is 0. The van der Waals surface area contributed by atoms with Crippen LogP contribution in [0.3, 0.4) is 0 Å². The average Bonchev–Trinajstić information content (AvgIpc) is 3.64. The smallest absolute Gasteiger partial charge is 0.262 e. The maximum atomic E-state index is 15.0. The molecule has 1 aromatic carbocycles. The van der Waals surface area contributed by atoms with Gasteiger partial charge in [0.05, 0.1) is 28.4 Å². The third kappa shape index (κ3) is 4.41. The highest BCUT2D eigenvalue weighted by Crippen LogP contribution is 2.35. The van der Waals surface area contributed by atoms with Gasteiger partial charge in [0.25, 0.3) is 5.56 Å². The van der Waals surface area contributed by atoms with Gasteiger partial charge in [0.15, 0.2) is 0 Å². The first-order valence-electron chi connectivity index (χ1n) is 12.2. The fourth-order valence-electron chi connectivity index (χ4n) is 4.46. The Morgan fingerprint density at radius 3 is 2.59 bits per heavy atom. The van der Waals surface area contributed by atoms with Gasteiger partial charge in [-0.05, 0) is 50.1 Å². The number of sulfonamides is 1. The van der Waals surface area contributed by atoms with Gasteiger partial charge < -0.3 is 10.6 Å². The van der Waals surface area contributed by atoms with Crippen LogP contribution >= 0.6 is 0 Å². The van der Waals surface area contributed by atoms with Gasteiger partial charge in [-0.15, -0.1) is 0 Å². The van der Waals surface area contributed by atoms with Crippen LogP contribution in [0.25, 0.3) is 16.8 Å². The van der Waals surface area contributed by atoms with Crippen LogP contribution in [0.15, 0.2) is 58.6 Å². The SMILES string of the molecule is Cc1c(Nc2ccc(S(=O)(=O)N3CCNCC3)cc2F)nc2ccc(-c3cnn(C4CC4)c3)cn2c1=O. The van der Waals surface area contributed by atoms with Gasteiger partial charge in [-0.1, -0.05) is 0 Å². The van der Waals surface area contributed by atoms with Gasteiger partial charge in [-0.3, -0.25) is 13.9 Å². The molecule has 1 saturated heterocycles. The lowest BCUT2D eigenvalue weighted by atomic mass is 10.1. The summed E-state index contributed by atoms with van der Waals surface area (Å²) in [7, 11) is -3.79. The number of nitrogens with one attached hydrogen (secondary N) is 2. The number of hydrogen-bond donors (Lipinski definition) is 2. The van der Waals surface area contributed by atoms with Crippen LogP contribution in [0.5, 0.6) is 0 Å². The summed E-state index contributed by atoms with van der Waals surface area (Å²) in [6.45, 7) is 3.38. The van der Waals surface area contributed by atoms with E-state index in [0.29, 0.717) is 43.4 Å². The Balaban J connectivity index is 1.29. The Bertz CT molecular complexity index is 1670. The van der Waals surface area contributed by atoms with Gasteiger partial charge in [-0.25, -0.2) is 17.8 Å². The molecule has 0 amide bonds. The predicted octanol–water partition coefficient (Wildman–Crippen LogP) is 2.68. The van der Waals surface area contributed by atoms with Crippen molar-refractivity contribution in [2.75, 3.05) is 31.5 Å². The number of fused-ring (bicyclic) bond motifs is 1. The van der Waals surface area contributed by atoms with Crippen molar-refractivity contribution in [3.05, 3.63) is 70.7 Å². The zero-order valence-electron chi connectivity index (χ0n) is 20.2. The molecule has 1 aliphatic carbocycles. The first kappa shape index (κ1) is 23.8. The van der Waals surface area contributed by atoms with Gasteiger partial charge >= 0.3 is 0 Å². The van der Waals surface area contributed by atoms with Crippen molar-refractivity contribution < 1.29 is 12.8 Å². The first-order chi connectivity index (χ1) is 17.8. The second-order valence-corrected chi connectivity index (χ2v) is 11.3. The summed E-state index contributed by atoms with van der Waals surface area (Å²) in [5.74, 6) is -0.545. The van der Waals surface area contributed by atoms with Gasteiger partial charge in [-0.2, -0.15) is 9.40 Å². The molecule has 1 saturated carbocycles. The van der Waals surface area contributed by atoms with Crippen molar-refractivity contribution in [3.8, 4) is 11.1 Å². The third-order valence-electron chi connectivity index (χ3n) is 6.81. The largest absolute Gasteiger partial charge is 0.337 e. The molecule has 0 spiro atoms. The summed E-state index contributed by atoms with van der Waals surface area (Å²) in [4.78, 5) is 17.6. The van der Waals surface area contributed by atoms with Gasteiger partial charge in [0.2, 0.25) is 10.0 Å². The van der Waals surface area contributed by atoms with Gasteiger partial charge in [0, 0.05) is 49.7 Å². The zero-order valence-corrected chi connectivity index (χ0v) is 21.0. The molecule has 2 aliphatic rings. The Hall–Kier alpha value is -3.61. The van der Waals surface area contributed by atoms with E-state index in [1.807, 2.05) is 16.9 Å². The fraction of sp³-hybridized carbons (Fsp3) is 0.320. The Labute approximate surface area is 212 Å². The van der Waals surface area contributed by atoms with E-state index in [2.05, 4.69) is 20.7 Å². The summed E-state index contributed by atoms with van der Waals surface area (Å²) in [6.07, 6.45) is 7.76. The molecule has 0 unspecified atom stereocenters. The number of pyridine rings is 1. The van der Waals surface area contributed by atoms with Crippen LogP contribution in [0.1, 0.15) is 24.4 Å². The minimum atomic E-state index is -3.79. The van der Waals surface area contributed by atoms with Crippen LogP contribution in [-0.4, -0.2) is 58.1 Å². The number of halogens is 1. The fourth-order valence-corrected chi connectivity index (χ4v) is 5.92. The number of aromatic nitrogens is 4. The summed E-state index contributed by atoms with van der Waals surface area (Å²) < 4.78 is 45.5. The van der Waals surface area contributed by atoms with Crippen LogP contribution in [-0.2, 0) is 10.0 Å². The van der Waals surface area contributed by atoms with Gasteiger partial charge in [0.1, 0.15) is 17.3 Å². The number of piperazine rings is 1. The van der Waals surface area contributed by atoms with Crippen LogP contribution in [0, 0.1) is 12.7 Å². The molecule has 10 nitrogen and oxygen atoms in total. The van der Waals surface area contributed by atoms with Crippen molar-refractivity contribution in [2.45, 2.75) is 30.7 Å².